The maximum absolute atomic E-state index is 12.1. The minimum absolute atomic E-state index is 0.175. The van der Waals surface area contributed by atoms with E-state index in [1.54, 1.807) is 6.08 Å². The number of carbonyl (C=O) groups excluding carboxylic acids is 1. The van der Waals surface area contributed by atoms with Crippen molar-refractivity contribution in [2.45, 2.75) is 13.8 Å². The van der Waals surface area contributed by atoms with E-state index in [4.69, 9.17) is 0 Å². The van der Waals surface area contributed by atoms with Gasteiger partial charge in [0.25, 0.3) is 0 Å². The third-order valence-electron chi connectivity index (χ3n) is 3.84. The van der Waals surface area contributed by atoms with Gasteiger partial charge in [-0.2, -0.15) is 4.98 Å². The van der Waals surface area contributed by atoms with Gasteiger partial charge in [-0.1, -0.05) is 30.3 Å². The number of amides is 1. The lowest BCUT2D eigenvalue weighted by molar-refractivity contribution is -0.111. The Morgan fingerprint density at radius 2 is 1.71 bits per heavy atom. The molecule has 6 heteroatoms. The van der Waals surface area contributed by atoms with E-state index in [1.165, 1.54) is 6.08 Å². The van der Waals surface area contributed by atoms with Crippen molar-refractivity contribution in [1.29, 1.82) is 0 Å². The second kappa shape index (κ2) is 9.32. The van der Waals surface area contributed by atoms with Crippen LogP contribution in [0.2, 0.25) is 0 Å². The molecule has 0 radical (unpaired) electrons. The van der Waals surface area contributed by atoms with Crippen molar-refractivity contribution in [2.75, 3.05) is 22.5 Å². The molecule has 2 aromatic carbocycles. The smallest absolute Gasteiger partial charge is 0.248 e. The van der Waals surface area contributed by atoms with E-state index in [2.05, 4.69) is 25.9 Å². The van der Waals surface area contributed by atoms with Crippen molar-refractivity contribution in [1.82, 2.24) is 9.97 Å². The van der Waals surface area contributed by atoms with Gasteiger partial charge in [0.1, 0.15) is 5.82 Å². The van der Waals surface area contributed by atoms with Crippen LogP contribution in [0.25, 0.3) is 6.08 Å². The standard InChI is InChI=1S/C22H23N5O/c1-3-23-22-24-16(2)15-20(27-22)25-18-10-12-19(13-11-18)26-21(28)14-9-17-7-5-4-6-8-17/h4-15H,3H2,1-2H3,(H,26,28)(H2,23,24,25,27)/b14-9+. The number of aromatic nitrogens is 2. The zero-order valence-corrected chi connectivity index (χ0v) is 15.9. The minimum atomic E-state index is -0.175. The highest BCUT2D eigenvalue weighted by atomic mass is 16.1. The summed E-state index contributed by atoms with van der Waals surface area (Å²) in [7, 11) is 0. The average Bonchev–Trinajstić information content (AvgIpc) is 2.69. The van der Waals surface area contributed by atoms with Crippen molar-refractivity contribution in [3.05, 3.63) is 78.0 Å². The summed E-state index contributed by atoms with van der Waals surface area (Å²) in [6.45, 7) is 4.69. The largest absolute Gasteiger partial charge is 0.354 e. The van der Waals surface area contributed by atoms with Crippen LogP contribution in [0.15, 0.2) is 66.7 Å². The first-order chi connectivity index (χ1) is 13.6. The number of nitrogens with one attached hydrogen (secondary N) is 3. The molecule has 6 nitrogen and oxygen atoms in total. The molecule has 0 saturated carbocycles. The molecule has 142 valence electrons. The molecule has 0 aliphatic heterocycles. The van der Waals surface area contributed by atoms with Crippen LogP contribution >= 0.6 is 0 Å². The number of rotatable bonds is 7. The Kier molecular flexibility index (Phi) is 6.36. The number of hydrogen-bond donors (Lipinski definition) is 3. The summed E-state index contributed by atoms with van der Waals surface area (Å²) in [5, 5.41) is 9.21. The Morgan fingerprint density at radius 1 is 1.00 bits per heavy atom. The van der Waals surface area contributed by atoms with Crippen molar-refractivity contribution in [3.8, 4) is 0 Å². The monoisotopic (exact) mass is 373 g/mol. The molecule has 0 bridgehead atoms. The van der Waals surface area contributed by atoms with E-state index in [1.807, 2.05) is 74.5 Å². The van der Waals surface area contributed by atoms with E-state index >= 15 is 0 Å². The van der Waals surface area contributed by atoms with Crippen LogP contribution in [0.4, 0.5) is 23.1 Å². The maximum Gasteiger partial charge on any atom is 0.248 e. The molecule has 0 saturated heterocycles. The molecule has 0 aliphatic carbocycles. The Morgan fingerprint density at radius 3 is 2.43 bits per heavy atom. The lowest BCUT2D eigenvalue weighted by Gasteiger charge is -2.10. The van der Waals surface area contributed by atoms with Crippen molar-refractivity contribution < 1.29 is 4.79 Å². The number of hydrogen-bond acceptors (Lipinski definition) is 5. The summed E-state index contributed by atoms with van der Waals surface area (Å²) in [5.74, 6) is 1.14. The Balaban J connectivity index is 1.60. The van der Waals surface area contributed by atoms with E-state index in [-0.39, 0.29) is 5.91 Å². The third kappa shape index (κ3) is 5.67. The van der Waals surface area contributed by atoms with Gasteiger partial charge in [-0.25, -0.2) is 4.98 Å². The maximum atomic E-state index is 12.1. The highest BCUT2D eigenvalue weighted by molar-refractivity contribution is 6.02. The van der Waals surface area contributed by atoms with Crippen LogP contribution in [0.5, 0.6) is 0 Å². The predicted molar refractivity (Wildman–Crippen MR) is 115 cm³/mol. The number of anilines is 4. The molecule has 1 heterocycles. The fourth-order valence-corrected chi connectivity index (χ4v) is 2.57. The number of aryl methyl sites for hydroxylation is 1. The molecule has 3 aromatic rings. The summed E-state index contributed by atoms with van der Waals surface area (Å²) in [4.78, 5) is 20.8. The Bertz CT molecular complexity index is 952. The van der Waals surface area contributed by atoms with Crippen molar-refractivity contribution in [3.63, 3.8) is 0 Å². The first kappa shape index (κ1) is 19.1. The Labute approximate surface area is 164 Å². The lowest BCUT2D eigenvalue weighted by atomic mass is 10.2. The van der Waals surface area contributed by atoms with E-state index in [0.29, 0.717) is 11.8 Å². The predicted octanol–water partition coefficient (Wildman–Crippen LogP) is 4.61. The molecule has 3 N–H and O–H groups in total. The van der Waals surface area contributed by atoms with Crippen molar-refractivity contribution >= 4 is 35.1 Å². The molecule has 0 spiro atoms. The summed E-state index contributed by atoms with van der Waals surface area (Å²) in [6, 6.07) is 19.0. The van der Waals surface area contributed by atoms with Gasteiger partial charge < -0.3 is 16.0 Å². The van der Waals surface area contributed by atoms with Crippen LogP contribution in [0.1, 0.15) is 18.2 Å². The van der Waals surface area contributed by atoms with Gasteiger partial charge in [-0.3, -0.25) is 4.79 Å². The number of nitrogens with zero attached hydrogens (tertiary/aromatic N) is 2. The van der Waals surface area contributed by atoms with E-state index in [9.17, 15) is 4.79 Å². The van der Waals surface area contributed by atoms with Gasteiger partial charge in [0.2, 0.25) is 11.9 Å². The summed E-state index contributed by atoms with van der Waals surface area (Å²) in [5.41, 5.74) is 3.45. The lowest BCUT2D eigenvalue weighted by Crippen LogP contribution is -2.07. The molecule has 0 unspecified atom stereocenters. The Hall–Kier alpha value is -3.67. The zero-order chi connectivity index (χ0) is 19.8. The van der Waals surface area contributed by atoms with Gasteiger partial charge in [0.15, 0.2) is 0 Å². The molecule has 1 amide bonds. The summed E-state index contributed by atoms with van der Waals surface area (Å²) >= 11 is 0. The summed E-state index contributed by atoms with van der Waals surface area (Å²) < 4.78 is 0. The number of benzene rings is 2. The fourth-order valence-electron chi connectivity index (χ4n) is 2.57. The summed E-state index contributed by atoms with van der Waals surface area (Å²) in [6.07, 6.45) is 3.30. The van der Waals surface area contributed by atoms with Crippen LogP contribution in [-0.4, -0.2) is 22.4 Å². The van der Waals surface area contributed by atoms with E-state index < -0.39 is 0 Å². The topological polar surface area (TPSA) is 78.9 Å². The first-order valence-electron chi connectivity index (χ1n) is 9.13. The second-order valence-electron chi connectivity index (χ2n) is 6.18. The molecule has 28 heavy (non-hydrogen) atoms. The van der Waals surface area contributed by atoms with Crippen molar-refractivity contribution in [2.24, 2.45) is 0 Å². The van der Waals surface area contributed by atoms with Gasteiger partial charge >= 0.3 is 0 Å². The van der Waals surface area contributed by atoms with Gasteiger partial charge in [-0.05, 0) is 49.8 Å². The highest BCUT2D eigenvalue weighted by Crippen LogP contribution is 2.19. The van der Waals surface area contributed by atoms with Crippen LogP contribution in [0.3, 0.4) is 0 Å². The van der Waals surface area contributed by atoms with E-state index in [0.717, 1.165) is 29.2 Å². The quantitative estimate of drug-likeness (QED) is 0.527. The zero-order valence-electron chi connectivity index (χ0n) is 15.9. The minimum Gasteiger partial charge on any atom is -0.354 e. The SMILES string of the molecule is CCNc1nc(C)cc(Nc2ccc(NC(=O)/C=C/c3ccccc3)cc2)n1. The van der Waals surface area contributed by atoms with Crippen LogP contribution in [0, 0.1) is 6.92 Å². The van der Waals surface area contributed by atoms with Gasteiger partial charge in [0.05, 0.1) is 0 Å². The number of carbonyl (C=O) groups is 1. The van der Waals surface area contributed by atoms with Crippen LogP contribution in [-0.2, 0) is 4.79 Å². The fraction of sp³-hybridized carbons (Fsp3) is 0.136. The van der Waals surface area contributed by atoms with Gasteiger partial charge in [0, 0.05) is 35.8 Å². The molecular formula is C22H23N5O. The highest BCUT2D eigenvalue weighted by Gasteiger charge is 2.03. The molecular weight excluding hydrogens is 350 g/mol. The molecule has 0 aliphatic rings. The molecule has 3 rings (SSSR count). The second-order valence-corrected chi connectivity index (χ2v) is 6.18. The molecule has 1 aromatic heterocycles. The first-order valence-corrected chi connectivity index (χ1v) is 9.13. The normalized spacial score (nSPS) is 10.6. The molecule has 0 fully saturated rings. The van der Waals surface area contributed by atoms with Gasteiger partial charge in [-0.15, -0.1) is 0 Å². The third-order valence-corrected chi connectivity index (χ3v) is 3.84. The molecule has 0 atom stereocenters. The van der Waals surface area contributed by atoms with Crippen LogP contribution < -0.4 is 16.0 Å². The average molecular weight is 373 g/mol.